The van der Waals surface area contributed by atoms with Crippen LogP contribution < -0.4 is 14.8 Å². The quantitative estimate of drug-likeness (QED) is 0.793. The fourth-order valence-corrected chi connectivity index (χ4v) is 2.21. The highest BCUT2D eigenvalue weighted by Crippen LogP contribution is 2.27. The summed E-state index contributed by atoms with van der Waals surface area (Å²) in [6, 6.07) is 8.28. The van der Waals surface area contributed by atoms with Crippen molar-refractivity contribution in [3.8, 4) is 11.5 Å². The van der Waals surface area contributed by atoms with E-state index in [1.807, 2.05) is 0 Å². The number of hydrogen-bond donors (Lipinski definition) is 1. The van der Waals surface area contributed by atoms with E-state index in [1.165, 1.54) is 32.4 Å². The molecule has 0 spiro atoms. The summed E-state index contributed by atoms with van der Waals surface area (Å²) in [4.78, 5) is 23.7. The Balaban J connectivity index is 1.92. The lowest BCUT2D eigenvalue weighted by Crippen LogP contribution is -2.21. The molecule has 2 aromatic rings. The van der Waals surface area contributed by atoms with E-state index in [1.54, 1.807) is 12.1 Å². The number of carbonyl (C=O) groups excluding carboxylic acids is 2. The third kappa shape index (κ3) is 4.84. The summed E-state index contributed by atoms with van der Waals surface area (Å²) in [5.74, 6) is -1.62. The summed E-state index contributed by atoms with van der Waals surface area (Å²) in [6.45, 7) is -0.532. The van der Waals surface area contributed by atoms with Gasteiger partial charge < -0.3 is 19.5 Å². The summed E-state index contributed by atoms with van der Waals surface area (Å²) in [5.41, 5.74) is 0.390. The Morgan fingerprint density at radius 3 is 2.36 bits per heavy atom. The average molecular weight is 368 g/mol. The number of carbonyl (C=O) groups is 2. The van der Waals surface area contributed by atoms with E-state index < -0.39 is 24.3 Å². The molecule has 2 aromatic carbocycles. The van der Waals surface area contributed by atoms with Crippen molar-refractivity contribution in [1.82, 2.24) is 0 Å². The highest BCUT2D eigenvalue weighted by molar-refractivity contribution is 6.32. The van der Waals surface area contributed by atoms with Crippen LogP contribution in [-0.2, 0) is 9.53 Å². The molecule has 0 fully saturated rings. The number of ether oxygens (including phenoxy) is 3. The first-order chi connectivity index (χ1) is 11.9. The second-order valence-corrected chi connectivity index (χ2v) is 5.23. The minimum atomic E-state index is -0.829. The number of halogens is 2. The lowest BCUT2D eigenvalue weighted by atomic mass is 10.2. The highest BCUT2D eigenvalue weighted by atomic mass is 35.5. The summed E-state index contributed by atoms with van der Waals surface area (Å²) >= 11 is 5.95. The fraction of sp³-hybridized carbons (Fsp3) is 0.176. The van der Waals surface area contributed by atoms with Crippen LogP contribution >= 0.6 is 11.6 Å². The lowest BCUT2D eigenvalue weighted by Gasteiger charge is -2.09. The van der Waals surface area contributed by atoms with Crippen LogP contribution in [0.2, 0.25) is 5.02 Å². The zero-order valence-electron chi connectivity index (χ0n) is 13.5. The number of methoxy groups -OCH3 is 2. The largest absolute Gasteiger partial charge is 0.495 e. The molecule has 0 aliphatic heterocycles. The summed E-state index contributed by atoms with van der Waals surface area (Å²) in [6.07, 6.45) is 0. The summed E-state index contributed by atoms with van der Waals surface area (Å²) in [7, 11) is 2.78. The molecule has 0 aromatic heterocycles. The average Bonchev–Trinajstić information content (AvgIpc) is 2.59. The van der Waals surface area contributed by atoms with Crippen molar-refractivity contribution in [2.24, 2.45) is 0 Å². The first-order valence-corrected chi connectivity index (χ1v) is 7.46. The van der Waals surface area contributed by atoms with Gasteiger partial charge in [-0.3, -0.25) is 4.79 Å². The van der Waals surface area contributed by atoms with Gasteiger partial charge in [-0.2, -0.15) is 0 Å². The Hall–Kier alpha value is -2.80. The van der Waals surface area contributed by atoms with Gasteiger partial charge in [0.2, 0.25) is 0 Å². The SMILES string of the molecule is COc1ccc(C(=O)OCC(=O)Nc2ccc(OC)c(Cl)c2)cc1F. The molecular weight excluding hydrogens is 353 g/mol. The molecule has 0 unspecified atom stereocenters. The maximum absolute atomic E-state index is 13.6. The Morgan fingerprint density at radius 2 is 1.76 bits per heavy atom. The molecule has 6 nitrogen and oxygen atoms in total. The van der Waals surface area contributed by atoms with Gasteiger partial charge >= 0.3 is 5.97 Å². The topological polar surface area (TPSA) is 73.9 Å². The van der Waals surface area contributed by atoms with Gasteiger partial charge in [0.15, 0.2) is 18.2 Å². The smallest absolute Gasteiger partial charge is 0.338 e. The van der Waals surface area contributed by atoms with E-state index in [4.69, 9.17) is 25.8 Å². The Bertz CT molecular complexity index is 797. The molecule has 0 heterocycles. The minimum absolute atomic E-state index is 0.00526. The van der Waals surface area contributed by atoms with E-state index in [2.05, 4.69) is 5.32 Å². The van der Waals surface area contributed by atoms with Crippen molar-refractivity contribution in [3.63, 3.8) is 0 Å². The first kappa shape index (κ1) is 18.5. The predicted octanol–water partition coefficient (Wildman–Crippen LogP) is 3.29. The molecule has 0 atom stereocenters. The van der Waals surface area contributed by atoms with Crippen LogP contribution in [0, 0.1) is 5.82 Å². The van der Waals surface area contributed by atoms with Crippen molar-refractivity contribution in [2.75, 3.05) is 26.1 Å². The summed E-state index contributed by atoms with van der Waals surface area (Å²) < 4.78 is 28.2. The zero-order chi connectivity index (χ0) is 18.4. The molecule has 1 N–H and O–H groups in total. The van der Waals surface area contributed by atoms with Crippen LogP contribution in [0.5, 0.6) is 11.5 Å². The highest BCUT2D eigenvalue weighted by Gasteiger charge is 2.13. The third-order valence-electron chi connectivity index (χ3n) is 3.16. The molecule has 25 heavy (non-hydrogen) atoms. The number of amides is 1. The number of anilines is 1. The van der Waals surface area contributed by atoms with Crippen molar-refractivity contribution in [1.29, 1.82) is 0 Å². The van der Waals surface area contributed by atoms with E-state index in [0.717, 1.165) is 6.07 Å². The predicted molar refractivity (Wildman–Crippen MR) is 89.9 cm³/mol. The van der Waals surface area contributed by atoms with Gasteiger partial charge in [-0.1, -0.05) is 11.6 Å². The van der Waals surface area contributed by atoms with Gasteiger partial charge in [-0.15, -0.1) is 0 Å². The Kier molecular flexibility index (Phi) is 6.19. The molecule has 0 aliphatic rings. The maximum atomic E-state index is 13.6. The monoisotopic (exact) mass is 367 g/mol. The number of nitrogens with one attached hydrogen (secondary N) is 1. The number of rotatable bonds is 6. The zero-order valence-corrected chi connectivity index (χ0v) is 14.2. The molecule has 0 saturated heterocycles. The second-order valence-electron chi connectivity index (χ2n) is 4.82. The number of benzene rings is 2. The molecule has 8 heteroatoms. The molecule has 132 valence electrons. The van der Waals surface area contributed by atoms with Crippen LogP contribution in [0.4, 0.5) is 10.1 Å². The molecule has 0 aliphatic carbocycles. The molecule has 0 bridgehead atoms. The first-order valence-electron chi connectivity index (χ1n) is 7.08. The van der Waals surface area contributed by atoms with E-state index >= 15 is 0 Å². The second kappa shape index (κ2) is 8.34. The summed E-state index contributed by atoms with van der Waals surface area (Å²) in [5, 5.41) is 2.85. The molecular formula is C17H15ClFNO5. The van der Waals surface area contributed by atoms with E-state index in [9.17, 15) is 14.0 Å². The van der Waals surface area contributed by atoms with Crippen LogP contribution in [0.1, 0.15) is 10.4 Å². The van der Waals surface area contributed by atoms with Gasteiger partial charge in [-0.25, -0.2) is 9.18 Å². The van der Waals surface area contributed by atoms with Crippen molar-refractivity contribution in [3.05, 3.63) is 52.8 Å². The van der Waals surface area contributed by atoms with Gasteiger partial charge in [0.05, 0.1) is 24.8 Å². The van der Waals surface area contributed by atoms with Gasteiger partial charge in [-0.05, 0) is 36.4 Å². The van der Waals surface area contributed by atoms with Crippen LogP contribution in [0.3, 0.4) is 0 Å². The van der Waals surface area contributed by atoms with Crippen LogP contribution in [0.25, 0.3) is 0 Å². The van der Waals surface area contributed by atoms with E-state index in [-0.39, 0.29) is 11.3 Å². The third-order valence-corrected chi connectivity index (χ3v) is 3.45. The molecule has 0 radical (unpaired) electrons. The van der Waals surface area contributed by atoms with Crippen LogP contribution in [-0.4, -0.2) is 32.7 Å². The Labute approximate surface area is 148 Å². The number of hydrogen-bond acceptors (Lipinski definition) is 5. The Morgan fingerprint density at radius 1 is 1.08 bits per heavy atom. The van der Waals surface area contributed by atoms with Gasteiger partial charge in [0, 0.05) is 5.69 Å². The molecule has 1 amide bonds. The lowest BCUT2D eigenvalue weighted by molar-refractivity contribution is -0.119. The van der Waals surface area contributed by atoms with Crippen molar-refractivity contribution in [2.45, 2.75) is 0 Å². The normalized spacial score (nSPS) is 10.1. The van der Waals surface area contributed by atoms with Crippen molar-refractivity contribution >= 4 is 29.2 Å². The molecule has 2 rings (SSSR count). The van der Waals surface area contributed by atoms with E-state index in [0.29, 0.717) is 16.5 Å². The van der Waals surface area contributed by atoms with Crippen LogP contribution in [0.15, 0.2) is 36.4 Å². The van der Waals surface area contributed by atoms with Gasteiger partial charge in [0.1, 0.15) is 5.75 Å². The number of esters is 1. The van der Waals surface area contributed by atoms with Crippen molar-refractivity contribution < 1.29 is 28.2 Å². The minimum Gasteiger partial charge on any atom is -0.495 e. The standard InChI is InChI=1S/C17H15ClFNO5/c1-23-14-6-4-11(8-12(14)18)20-16(21)9-25-17(22)10-3-5-15(24-2)13(19)7-10/h3-8H,9H2,1-2H3,(H,20,21). The maximum Gasteiger partial charge on any atom is 0.338 e. The molecule has 0 saturated carbocycles. The van der Waals surface area contributed by atoms with Gasteiger partial charge in [0.25, 0.3) is 5.91 Å². The fourth-order valence-electron chi connectivity index (χ4n) is 1.95.